The minimum Gasteiger partial charge on any atom is -0.497 e. The van der Waals surface area contributed by atoms with Gasteiger partial charge in [0.25, 0.3) is 0 Å². The average Bonchev–Trinajstić information content (AvgIpc) is 3.36. The highest BCUT2D eigenvalue weighted by molar-refractivity contribution is 8.01. The lowest BCUT2D eigenvalue weighted by Crippen LogP contribution is -2.57. The topological polar surface area (TPSA) is 96.5 Å². The van der Waals surface area contributed by atoms with Crippen molar-refractivity contribution in [2.45, 2.75) is 41.9 Å². The van der Waals surface area contributed by atoms with Crippen molar-refractivity contribution in [1.82, 2.24) is 14.7 Å². The summed E-state index contributed by atoms with van der Waals surface area (Å²) < 4.78 is 9.38. The van der Waals surface area contributed by atoms with Gasteiger partial charge in [0.05, 0.1) is 26.7 Å². The van der Waals surface area contributed by atoms with Crippen LogP contribution in [0.3, 0.4) is 0 Å². The second-order valence-corrected chi connectivity index (χ2v) is 12.4. The van der Waals surface area contributed by atoms with Gasteiger partial charge in [0.1, 0.15) is 16.2 Å². The van der Waals surface area contributed by atoms with Gasteiger partial charge in [0.15, 0.2) is 0 Å². The lowest BCUT2D eigenvalue weighted by atomic mass is 9.90. The molecule has 2 atom stereocenters. The number of carbonyl (C=O) groups is 4. The van der Waals surface area contributed by atoms with Crippen molar-refractivity contribution in [2.75, 3.05) is 40.4 Å². The van der Waals surface area contributed by atoms with Gasteiger partial charge in [0.2, 0.25) is 23.6 Å². The maximum absolute atomic E-state index is 14.8. The number of methoxy groups -OCH3 is 2. The summed E-state index contributed by atoms with van der Waals surface area (Å²) in [5.41, 5.74) is 1.66. The van der Waals surface area contributed by atoms with E-state index in [-0.39, 0.29) is 36.5 Å². The predicted molar refractivity (Wildman–Crippen MR) is 167 cm³/mol. The summed E-state index contributed by atoms with van der Waals surface area (Å²) in [6.45, 7) is 3.02. The lowest BCUT2D eigenvalue weighted by Gasteiger charge is -2.42. The number of imide groups is 1. The largest absolute Gasteiger partial charge is 0.497 e. The molecule has 230 valence electrons. The Kier molecular flexibility index (Phi) is 9.58. The van der Waals surface area contributed by atoms with Crippen LogP contribution in [0.4, 0.5) is 0 Å². The van der Waals surface area contributed by atoms with Crippen molar-refractivity contribution in [3.63, 3.8) is 0 Å². The Balaban J connectivity index is 1.57. The molecule has 44 heavy (non-hydrogen) atoms. The highest BCUT2D eigenvalue weighted by atomic mass is 32.2. The molecule has 9 nitrogen and oxygen atoms in total. The third-order valence-corrected chi connectivity index (χ3v) is 9.70. The zero-order valence-electron chi connectivity index (χ0n) is 25.2. The second kappa shape index (κ2) is 13.5. The molecule has 0 bridgehead atoms. The van der Waals surface area contributed by atoms with Crippen LogP contribution >= 0.6 is 11.8 Å². The van der Waals surface area contributed by atoms with Crippen LogP contribution in [0, 0.1) is 0 Å². The molecule has 5 rings (SSSR count). The number of hydrogen-bond acceptors (Lipinski definition) is 7. The van der Waals surface area contributed by atoms with E-state index in [1.807, 2.05) is 66.7 Å². The van der Waals surface area contributed by atoms with Crippen molar-refractivity contribution in [1.29, 1.82) is 0 Å². The van der Waals surface area contributed by atoms with Gasteiger partial charge in [-0.15, -0.1) is 11.8 Å². The van der Waals surface area contributed by atoms with Crippen LogP contribution in [0.5, 0.6) is 11.5 Å². The quantitative estimate of drug-likeness (QED) is 0.353. The molecule has 0 aliphatic carbocycles. The molecule has 2 heterocycles. The Labute approximate surface area is 262 Å². The number of thioether (sulfide) groups is 1. The first-order valence-corrected chi connectivity index (χ1v) is 15.5. The smallest absolute Gasteiger partial charge is 0.242 e. The number of aryl methyl sites for hydroxylation is 1. The Bertz CT molecular complexity index is 1490. The van der Waals surface area contributed by atoms with Gasteiger partial charge in [-0.2, -0.15) is 0 Å². The predicted octanol–water partition coefficient (Wildman–Crippen LogP) is 4.36. The highest BCUT2D eigenvalue weighted by Crippen LogP contribution is 2.54. The summed E-state index contributed by atoms with van der Waals surface area (Å²) in [4.78, 5) is 60.3. The third kappa shape index (κ3) is 6.45. The molecule has 0 unspecified atom stereocenters. The number of piperazine rings is 1. The van der Waals surface area contributed by atoms with Crippen molar-refractivity contribution >= 4 is 35.4 Å². The minimum absolute atomic E-state index is 0.0400. The van der Waals surface area contributed by atoms with Gasteiger partial charge < -0.3 is 19.3 Å². The maximum atomic E-state index is 14.8. The molecule has 10 heteroatoms. The van der Waals surface area contributed by atoms with E-state index in [9.17, 15) is 19.2 Å². The van der Waals surface area contributed by atoms with E-state index in [0.717, 1.165) is 10.5 Å². The molecule has 3 aromatic carbocycles. The van der Waals surface area contributed by atoms with Gasteiger partial charge in [-0.25, -0.2) is 0 Å². The standard InChI is InChI=1S/C34H37N3O6S/c1-24(38)35-19-21-36(22-20-35)33(41)34(44-29-16-14-28(43-3)15-17-29)23-31(40)37(30(39)18-9-25-7-5-4-6-8-25)32(34)26-10-12-27(42-2)13-11-26/h4-8,10-17,32H,9,18-23H2,1-3H3/t32-,34-/m1/s1. The number of likely N-dealkylation sites (tertiary alicyclic amines) is 1. The first-order chi connectivity index (χ1) is 21.3. The minimum atomic E-state index is -1.35. The average molecular weight is 616 g/mol. The fourth-order valence-corrected chi connectivity index (χ4v) is 7.40. The number of nitrogens with zero attached hydrogens (tertiary/aromatic N) is 3. The molecule has 3 aromatic rings. The molecule has 0 radical (unpaired) electrons. The molecule has 0 aromatic heterocycles. The number of rotatable bonds is 9. The van der Waals surface area contributed by atoms with Gasteiger partial charge >= 0.3 is 0 Å². The Morgan fingerprint density at radius 3 is 1.95 bits per heavy atom. The van der Waals surface area contributed by atoms with Crippen molar-refractivity contribution in [3.05, 3.63) is 90.0 Å². The van der Waals surface area contributed by atoms with Gasteiger partial charge in [-0.3, -0.25) is 24.1 Å². The number of hydrogen-bond donors (Lipinski definition) is 0. The van der Waals surface area contributed by atoms with Crippen molar-refractivity contribution in [2.24, 2.45) is 0 Å². The summed E-state index contributed by atoms with van der Waals surface area (Å²) in [5, 5.41) is 0. The van der Waals surface area contributed by atoms with E-state index in [1.54, 1.807) is 36.2 Å². The molecule has 0 N–H and O–H groups in total. The Morgan fingerprint density at radius 1 is 0.818 bits per heavy atom. The van der Waals surface area contributed by atoms with E-state index >= 15 is 0 Å². The fourth-order valence-electron chi connectivity index (χ4n) is 5.94. The molecular formula is C34H37N3O6S. The summed E-state index contributed by atoms with van der Waals surface area (Å²) in [7, 11) is 3.16. The van der Waals surface area contributed by atoms with Gasteiger partial charge in [0, 0.05) is 44.4 Å². The van der Waals surface area contributed by atoms with Crippen LogP contribution in [0.2, 0.25) is 0 Å². The van der Waals surface area contributed by atoms with Crippen LogP contribution in [-0.4, -0.2) is 83.5 Å². The molecule has 2 fully saturated rings. The fraction of sp³-hybridized carbons (Fsp3) is 0.353. The number of amides is 4. The molecule has 2 aliphatic rings. The van der Waals surface area contributed by atoms with E-state index in [4.69, 9.17) is 9.47 Å². The molecule has 2 aliphatic heterocycles. The lowest BCUT2D eigenvalue weighted by molar-refractivity contribution is -0.144. The summed E-state index contributed by atoms with van der Waals surface area (Å²) in [5.74, 6) is 0.310. The van der Waals surface area contributed by atoms with E-state index < -0.39 is 10.8 Å². The Hall–Kier alpha value is -4.31. The summed E-state index contributed by atoms with van der Waals surface area (Å²) in [6, 6.07) is 23.4. The van der Waals surface area contributed by atoms with Gasteiger partial charge in [-0.1, -0.05) is 42.5 Å². The molecule has 4 amide bonds. The van der Waals surface area contributed by atoms with Crippen LogP contribution in [0.15, 0.2) is 83.8 Å². The van der Waals surface area contributed by atoms with Crippen molar-refractivity contribution < 1.29 is 28.7 Å². The van der Waals surface area contributed by atoms with Crippen LogP contribution < -0.4 is 9.47 Å². The maximum Gasteiger partial charge on any atom is 0.242 e. The zero-order valence-corrected chi connectivity index (χ0v) is 26.0. The summed E-state index contributed by atoms with van der Waals surface area (Å²) in [6.07, 6.45) is 0.443. The van der Waals surface area contributed by atoms with Crippen LogP contribution in [-0.2, 0) is 25.6 Å². The number of ether oxygens (including phenoxy) is 2. The van der Waals surface area contributed by atoms with E-state index in [1.165, 1.54) is 23.6 Å². The van der Waals surface area contributed by atoms with Crippen LogP contribution in [0.25, 0.3) is 0 Å². The third-order valence-electron chi connectivity index (χ3n) is 8.29. The van der Waals surface area contributed by atoms with Crippen LogP contribution in [0.1, 0.15) is 36.9 Å². The first-order valence-electron chi connectivity index (χ1n) is 14.7. The monoisotopic (exact) mass is 615 g/mol. The normalized spacial score (nSPS) is 20.0. The first kappa shape index (κ1) is 31.1. The Morgan fingerprint density at radius 2 is 1.39 bits per heavy atom. The molecule has 0 saturated carbocycles. The SMILES string of the molecule is COc1ccc(S[C@]2(C(=O)N3CCN(C(C)=O)CC3)CC(=O)N(C(=O)CCc3ccccc3)[C@@H]2c2ccc(OC)cc2)cc1. The summed E-state index contributed by atoms with van der Waals surface area (Å²) >= 11 is 1.31. The van der Waals surface area contributed by atoms with Crippen molar-refractivity contribution in [3.8, 4) is 11.5 Å². The molecular weight excluding hydrogens is 578 g/mol. The highest BCUT2D eigenvalue weighted by Gasteiger charge is 2.60. The molecule has 0 spiro atoms. The number of benzene rings is 3. The van der Waals surface area contributed by atoms with E-state index in [2.05, 4.69) is 0 Å². The van der Waals surface area contributed by atoms with Gasteiger partial charge in [-0.05, 0) is 53.9 Å². The second-order valence-electron chi connectivity index (χ2n) is 11.0. The van der Waals surface area contributed by atoms with E-state index in [0.29, 0.717) is 49.7 Å². The zero-order chi connectivity index (χ0) is 31.3. The number of carbonyl (C=O) groups excluding carboxylic acids is 4. The molecule has 2 saturated heterocycles.